The summed E-state index contributed by atoms with van der Waals surface area (Å²) in [6.45, 7) is 6.96. The summed E-state index contributed by atoms with van der Waals surface area (Å²) in [5, 5.41) is 3.48. The predicted molar refractivity (Wildman–Crippen MR) is 143 cm³/mol. The van der Waals surface area contributed by atoms with Crippen molar-refractivity contribution >= 4 is 11.2 Å². The summed E-state index contributed by atoms with van der Waals surface area (Å²) in [4.78, 5) is 22.1. The molecule has 2 aromatic heterocycles. The van der Waals surface area contributed by atoms with Gasteiger partial charge in [0.25, 0.3) is 5.56 Å². The Bertz CT molecular complexity index is 1630. The minimum Gasteiger partial charge on any atom is -0.497 e. The number of fused-ring (bicyclic) bond motifs is 1. The molecule has 0 amide bonds. The summed E-state index contributed by atoms with van der Waals surface area (Å²) in [5.41, 5.74) is 3.65. The zero-order valence-corrected chi connectivity index (χ0v) is 21.2. The van der Waals surface area contributed by atoms with Crippen molar-refractivity contribution in [3.8, 4) is 28.3 Å². The van der Waals surface area contributed by atoms with Gasteiger partial charge in [0, 0.05) is 17.8 Å². The minimum absolute atomic E-state index is 0.0482. The Balaban J connectivity index is 1.54. The van der Waals surface area contributed by atoms with E-state index in [9.17, 15) is 4.79 Å². The molecule has 0 saturated heterocycles. The molecule has 37 heavy (non-hydrogen) atoms. The molecule has 0 aliphatic rings. The van der Waals surface area contributed by atoms with Gasteiger partial charge < -0.3 is 10.1 Å². The number of halogens is 1. The van der Waals surface area contributed by atoms with E-state index in [0.29, 0.717) is 12.3 Å². The third kappa shape index (κ3) is 4.88. The summed E-state index contributed by atoms with van der Waals surface area (Å²) in [7, 11) is 1.59. The molecule has 5 rings (SSSR count). The van der Waals surface area contributed by atoms with Crippen molar-refractivity contribution in [3.63, 3.8) is 0 Å². The van der Waals surface area contributed by atoms with E-state index in [2.05, 4.69) is 36.1 Å². The third-order valence-electron chi connectivity index (χ3n) is 6.16. The number of rotatable bonds is 6. The summed E-state index contributed by atoms with van der Waals surface area (Å²) in [6.07, 6.45) is 2.85. The molecular weight excluding hydrogens is 469 g/mol. The Morgan fingerprint density at radius 2 is 1.65 bits per heavy atom. The van der Waals surface area contributed by atoms with Gasteiger partial charge in [0.15, 0.2) is 11.2 Å². The largest absolute Gasteiger partial charge is 0.497 e. The molecule has 188 valence electrons. The van der Waals surface area contributed by atoms with Gasteiger partial charge in [-0.3, -0.25) is 13.9 Å². The zero-order valence-electron chi connectivity index (χ0n) is 21.2. The van der Waals surface area contributed by atoms with Crippen LogP contribution in [0.5, 0.6) is 5.75 Å². The van der Waals surface area contributed by atoms with E-state index < -0.39 is 11.4 Å². The van der Waals surface area contributed by atoms with Crippen LogP contribution in [0.1, 0.15) is 26.3 Å². The lowest BCUT2D eigenvalue weighted by Gasteiger charge is -2.22. The first kappa shape index (κ1) is 24.4. The van der Waals surface area contributed by atoms with Crippen molar-refractivity contribution in [1.82, 2.24) is 24.4 Å². The van der Waals surface area contributed by atoms with E-state index in [-0.39, 0.29) is 22.4 Å². The second kappa shape index (κ2) is 9.63. The molecule has 1 N–H and O–H groups in total. The fraction of sp³-hybridized carbons (Fsp3) is 0.207. The van der Waals surface area contributed by atoms with Crippen molar-refractivity contribution in [2.24, 2.45) is 0 Å². The Hall–Kier alpha value is -4.30. The lowest BCUT2D eigenvalue weighted by atomic mass is 9.98. The van der Waals surface area contributed by atoms with Gasteiger partial charge in [-0.15, -0.1) is 0 Å². The van der Waals surface area contributed by atoms with E-state index in [4.69, 9.17) is 4.74 Å². The van der Waals surface area contributed by atoms with Crippen LogP contribution in [0.25, 0.3) is 33.7 Å². The maximum absolute atomic E-state index is 15.5. The molecule has 7 nitrogen and oxygen atoms in total. The van der Waals surface area contributed by atoms with Crippen molar-refractivity contribution in [2.45, 2.75) is 32.9 Å². The summed E-state index contributed by atoms with van der Waals surface area (Å²) in [6, 6.07) is 20.0. The monoisotopic (exact) mass is 497 g/mol. The second-order valence-electron chi connectivity index (χ2n) is 9.83. The smallest absolute Gasteiger partial charge is 0.284 e. The van der Waals surface area contributed by atoms with Crippen LogP contribution < -0.4 is 15.6 Å². The van der Waals surface area contributed by atoms with Crippen molar-refractivity contribution in [1.29, 1.82) is 0 Å². The van der Waals surface area contributed by atoms with E-state index >= 15 is 4.39 Å². The average molecular weight is 498 g/mol. The van der Waals surface area contributed by atoms with E-state index in [1.165, 1.54) is 23.3 Å². The number of aromatic nitrogens is 4. The number of hydrogen-bond acceptors (Lipinski definition) is 5. The van der Waals surface area contributed by atoms with Crippen LogP contribution in [0.15, 0.2) is 84.2 Å². The first-order chi connectivity index (χ1) is 17.7. The number of imidazole rings is 1. The summed E-state index contributed by atoms with van der Waals surface area (Å²) < 4.78 is 23.6. The van der Waals surface area contributed by atoms with Crippen molar-refractivity contribution in [3.05, 3.63) is 101 Å². The molecule has 0 bridgehead atoms. The highest BCUT2D eigenvalue weighted by Gasteiger charge is 2.17. The summed E-state index contributed by atoms with van der Waals surface area (Å²) >= 11 is 0. The van der Waals surface area contributed by atoms with Gasteiger partial charge in [-0.25, -0.2) is 14.4 Å². The highest BCUT2D eigenvalue weighted by Crippen LogP contribution is 2.27. The zero-order chi connectivity index (χ0) is 26.2. The standard InChI is InChI=1S/C29H28FN5O2/c1-29(2,3)33-16-20-7-5-6-8-23(20)19-9-14-25(24(30)15-19)35-18-32-27-26(28(35)36)34(17-31-27)21-10-12-22(37-4)13-11-21/h5-15,17-18,33H,16H2,1-4H3. The maximum atomic E-state index is 15.5. The number of nitrogens with zero attached hydrogens (tertiary/aromatic N) is 4. The van der Waals surface area contributed by atoms with Gasteiger partial charge in [0.1, 0.15) is 24.2 Å². The van der Waals surface area contributed by atoms with Crippen molar-refractivity contribution in [2.75, 3.05) is 7.11 Å². The Labute approximate surface area is 214 Å². The van der Waals surface area contributed by atoms with Crippen molar-refractivity contribution < 1.29 is 9.13 Å². The van der Waals surface area contributed by atoms with E-state index in [1.807, 2.05) is 42.5 Å². The third-order valence-corrected chi connectivity index (χ3v) is 6.16. The molecule has 0 saturated carbocycles. The van der Waals surface area contributed by atoms with Gasteiger partial charge in [0.05, 0.1) is 12.8 Å². The SMILES string of the molecule is COc1ccc(-n2cnc3ncn(-c4ccc(-c5ccccc5CNC(C)(C)C)cc4F)c(=O)c32)cc1. The molecule has 0 atom stereocenters. The second-order valence-corrected chi connectivity index (χ2v) is 9.83. The normalized spacial score (nSPS) is 11.7. The number of benzene rings is 3. The summed E-state index contributed by atoms with van der Waals surface area (Å²) in [5.74, 6) is 0.177. The number of hydrogen-bond donors (Lipinski definition) is 1. The van der Waals surface area contributed by atoms with Crippen LogP contribution in [0, 0.1) is 5.82 Å². The molecule has 0 radical (unpaired) electrons. The number of methoxy groups -OCH3 is 1. The van der Waals surface area contributed by atoms with Crippen LogP contribution >= 0.6 is 0 Å². The molecule has 0 unspecified atom stereocenters. The van der Waals surface area contributed by atoms with Gasteiger partial charge in [-0.05, 0) is 73.9 Å². The maximum Gasteiger partial charge on any atom is 0.284 e. The lowest BCUT2D eigenvalue weighted by Crippen LogP contribution is -2.35. The van der Waals surface area contributed by atoms with Crippen LogP contribution in [-0.4, -0.2) is 31.8 Å². The molecule has 5 aromatic rings. The predicted octanol–water partition coefficient (Wildman–Crippen LogP) is 5.27. The highest BCUT2D eigenvalue weighted by molar-refractivity contribution is 5.73. The molecule has 8 heteroatoms. The van der Waals surface area contributed by atoms with Crippen LogP contribution in [0.2, 0.25) is 0 Å². The molecule has 3 aromatic carbocycles. The molecule has 2 heterocycles. The van der Waals surface area contributed by atoms with Gasteiger partial charge in [-0.1, -0.05) is 30.3 Å². The van der Waals surface area contributed by atoms with E-state index in [0.717, 1.165) is 22.4 Å². The Morgan fingerprint density at radius 3 is 2.32 bits per heavy atom. The topological polar surface area (TPSA) is 74.0 Å². The molecule has 0 spiro atoms. The number of ether oxygens (including phenoxy) is 1. The minimum atomic E-state index is -0.519. The lowest BCUT2D eigenvalue weighted by molar-refractivity contribution is 0.415. The van der Waals surface area contributed by atoms with Gasteiger partial charge in [0.2, 0.25) is 0 Å². The number of nitrogens with one attached hydrogen (secondary N) is 1. The first-order valence-electron chi connectivity index (χ1n) is 12.0. The highest BCUT2D eigenvalue weighted by atomic mass is 19.1. The van der Waals surface area contributed by atoms with Gasteiger partial charge in [-0.2, -0.15) is 0 Å². The van der Waals surface area contributed by atoms with Crippen LogP contribution in [0.4, 0.5) is 4.39 Å². The molecule has 0 fully saturated rings. The molecule has 0 aliphatic carbocycles. The molecular formula is C29H28FN5O2. The quantitative estimate of drug-likeness (QED) is 0.346. The first-order valence-corrected chi connectivity index (χ1v) is 12.0. The molecule has 0 aliphatic heterocycles. The Kier molecular flexibility index (Phi) is 6.35. The Morgan fingerprint density at radius 1 is 0.946 bits per heavy atom. The fourth-order valence-electron chi connectivity index (χ4n) is 4.21. The van der Waals surface area contributed by atoms with E-state index in [1.54, 1.807) is 29.9 Å². The average Bonchev–Trinajstić information content (AvgIpc) is 3.33. The fourth-order valence-corrected chi connectivity index (χ4v) is 4.21. The van der Waals surface area contributed by atoms with Crippen LogP contribution in [0.3, 0.4) is 0 Å². The van der Waals surface area contributed by atoms with Crippen LogP contribution in [-0.2, 0) is 6.54 Å². The van der Waals surface area contributed by atoms with Gasteiger partial charge >= 0.3 is 0 Å².